The van der Waals surface area contributed by atoms with Crippen LogP contribution < -0.4 is 0 Å². The van der Waals surface area contributed by atoms with Crippen molar-refractivity contribution in [3.63, 3.8) is 0 Å². The van der Waals surface area contributed by atoms with E-state index in [0.29, 0.717) is 0 Å². The number of hydrogen-bond acceptors (Lipinski definition) is 2. The highest BCUT2D eigenvalue weighted by Crippen LogP contribution is 2.56. The summed E-state index contributed by atoms with van der Waals surface area (Å²) in [6, 6.07) is 11.2. The molecule has 0 aliphatic carbocycles. The van der Waals surface area contributed by atoms with Crippen LogP contribution in [0.2, 0.25) is 0 Å². The Kier molecular flexibility index (Phi) is 6.03. The Morgan fingerprint density at radius 2 is 1.03 bits per heavy atom. The summed E-state index contributed by atoms with van der Waals surface area (Å²) in [5, 5.41) is 0. The second kappa shape index (κ2) is 7.69. The number of benzene rings is 2. The molecule has 0 aliphatic rings. The number of alkyl halides is 9. The van der Waals surface area contributed by atoms with Crippen LogP contribution in [0.5, 0.6) is 0 Å². The van der Waals surface area contributed by atoms with Gasteiger partial charge in [0.15, 0.2) is 5.78 Å². The SMILES string of the molecule is O=C(c1ccccc1)C(OC(C(F)(F)F)(C(F)(F)F)C(F)(F)F)c1ccccc1. The van der Waals surface area contributed by atoms with Crippen molar-refractivity contribution < 1.29 is 49.0 Å². The summed E-state index contributed by atoms with van der Waals surface area (Å²) in [6.45, 7) is 0. The minimum absolute atomic E-state index is 0.429. The highest BCUT2D eigenvalue weighted by molar-refractivity contribution is 6.00. The first-order valence-electron chi connectivity index (χ1n) is 7.74. The molecule has 158 valence electrons. The molecule has 0 fully saturated rings. The Labute approximate surface area is 157 Å². The van der Waals surface area contributed by atoms with Crippen LogP contribution in [0.1, 0.15) is 22.0 Å². The van der Waals surface area contributed by atoms with E-state index in [0.717, 1.165) is 36.4 Å². The Bertz CT molecular complexity index is 788. The maximum Gasteiger partial charge on any atom is 0.435 e. The third-order valence-electron chi connectivity index (χ3n) is 3.89. The van der Waals surface area contributed by atoms with Crippen LogP contribution in [0.3, 0.4) is 0 Å². The first kappa shape index (κ1) is 22.7. The summed E-state index contributed by atoms with van der Waals surface area (Å²) in [5.41, 5.74) is -7.61. The van der Waals surface area contributed by atoms with Crippen molar-refractivity contribution in [3.8, 4) is 0 Å². The van der Waals surface area contributed by atoms with Crippen LogP contribution in [-0.2, 0) is 4.74 Å². The highest BCUT2D eigenvalue weighted by Gasteiger charge is 2.86. The summed E-state index contributed by atoms with van der Waals surface area (Å²) >= 11 is 0. The minimum Gasteiger partial charge on any atom is -0.334 e. The lowest BCUT2D eigenvalue weighted by Crippen LogP contribution is -2.68. The number of ketones is 1. The Morgan fingerprint density at radius 3 is 1.41 bits per heavy atom. The molecule has 0 aliphatic heterocycles. The van der Waals surface area contributed by atoms with E-state index in [2.05, 4.69) is 4.74 Å². The van der Waals surface area contributed by atoms with Gasteiger partial charge in [-0.25, -0.2) is 0 Å². The smallest absolute Gasteiger partial charge is 0.334 e. The van der Waals surface area contributed by atoms with Crippen LogP contribution in [0.15, 0.2) is 60.7 Å². The Balaban J connectivity index is 2.71. The van der Waals surface area contributed by atoms with Gasteiger partial charge < -0.3 is 4.74 Å². The highest BCUT2D eigenvalue weighted by atomic mass is 19.4. The molecule has 0 radical (unpaired) electrons. The van der Waals surface area contributed by atoms with Gasteiger partial charge in [-0.3, -0.25) is 4.79 Å². The molecule has 2 aromatic carbocycles. The zero-order valence-corrected chi connectivity index (χ0v) is 14.1. The fraction of sp³-hybridized carbons (Fsp3) is 0.278. The van der Waals surface area contributed by atoms with E-state index in [1.807, 2.05) is 0 Å². The summed E-state index contributed by atoms with van der Waals surface area (Å²) in [7, 11) is 0. The van der Waals surface area contributed by atoms with Gasteiger partial charge in [-0.2, -0.15) is 39.5 Å². The number of halogens is 9. The molecule has 11 heteroatoms. The number of Topliss-reactive ketones (excluding diaryl/α,β-unsaturated/α-hetero) is 1. The summed E-state index contributed by atoms with van der Waals surface area (Å²) in [4.78, 5) is 12.6. The Morgan fingerprint density at radius 1 is 0.655 bits per heavy atom. The monoisotopic (exact) mass is 430 g/mol. The zero-order valence-electron chi connectivity index (χ0n) is 14.1. The van der Waals surface area contributed by atoms with Gasteiger partial charge in [0.25, 0.3) is 0 Å². The van der Waals surface area contributed by atoms with Crippen molar-refractivity contribution in [2.24, 2.45) is 0 Å². The van der Waals surface area contributed by atoms with E-state index in [-0.39, 0.29) is 0 Å². The predicted molar refractivity (Wildman–Crippen MR) is 81.9 cm³/mol. The van der Waals surface area contributed by atoms with Crippen LogP contribution >= 0.6 is 0 Å². The van der Waals surface area contributed by atoms with Crippen LogP contribution in [0.25, 0.3) is 0 Å². The summed E-state index contributed by atoms with van der Waals surface area (Å²) in [5.74, 6) is -1.50. The maximum absolute atomic E-state index is 13.2. The number of hydrogen-bond donors (Lipinski definition) is 0. The van der Waals surface area contributed by atoms with Crippen molar-refractivity contribution in [1.29, 1.82) is 0 Å². The molecule has 0 heterocycles. The summed E-state index contributed by atoms with van der Waals surface area (Å²) < 4.78 is 123. The van der Waals surface area contributed by atoms with Gasteiger partial charge in [0.2, 0.25) is 0 Å². The van der Waals surface area contributed by atoms with E-state index in [9.17, 15) is 44.3 Å². The van der Waals surface area contributed by atoms with Crippen LogP contribution in [0.4, 0.5) is 39.5 Å². The van der Waals surface area contributed by atoms with Gasteiger partial charge in [-0.05, 0) is 5.56 Å². The molecule has 0 amide bonds. The van der Waals surface area contributed by atoms with Gasteiger partial charge in [0.05, 0.1) is 0 Å². The second-order valence-electron chi connectivity index (χ2n) is 5.81. The second-order valence-corrected chi connectivity index (χ2v) is 5.81. The van der Waals surface area contributed by atoms with E-state index in [1.54, 1.807) is 0 Å². The van der Waals surface area contributed by atoms with Crippen molar-refractivity contribution in [2.45, 2.75) is 30.2 Å². The first-order chi connectivity index (χ1) is 13.2. The molecule has 0 saturated carbocycles. The molecular weight excluding hydrogens is 419 g/mol. The zero-order chi connectivity index (χ0) is 22.1. The molecule has 2 rings (SSSR count). The normalized spacial score (nSPS) is 14.5. The average Bonchev–Trinajstić information content (AvgIpc) is 2.60. The maximum atomic E-state index is 13.2. The fourth-order valence-electron chi connectivity index (χ4n) is 2.51. The molecule has 0 bridgehead atoms. The minimum atomic E-state index is -6.95. The first-order valence-corrected chi connectivity index (χ1v) is 7.74. The standard InChI is InChI=1S/C18H11F9O2/c19-16(20,21)15(17(22,23)24,18(25,26)27)29-14(12-9-5-2-6-10-12)13(28)11-7-3-1-4-8-11/h1-10,14H. The molecule has 2 nitrogen and oxygen atoms in total. The average molecular weight is 430 g/mol. The number of carbonyl (C=O) groups is 1. The molecule has 0 saturated heterocycles. The topological polar surface area (TPSA) is 26.3 Å². The van der Waals surface area contributed by atoms with Crippen LogP contribution in [-0.4, -0.2) is 29.9 Å². The van der Waals surface area contributed by atoms with E-state index in [1.165, 1.54) is 24.3 Å². The molecular formula is C18H11F9O2. The van der Waals surface area contributed by atoms with Crippen molar-refractivity contribution in [1.82, 2.24) is 0 Å². The van der Waals surface area contributed by atoms with E-state index >= 15 is 0 Å². The van der Waals surface area contributed by atoms with E-state index in [4.69, 9.17) is 0 Å². The molecule has 0 spiro atoms. The van der Waals surface area contributed by atoms with Gasteiger partial charge >= 0.3 is 24.1 Å². The Hall–Kier alpha value is -2.56. The number of rotatable bonds is 5. The van der Waals surface area contributed by atoms with Crippen LogP contribution in [0, 0.1) is 0 Å². The lowest BCUT2D eigenvalue weighted by molar-refractivity contribution is -0.462. The molecule has 2 aromatic rings. The lowest BCUT2D eigenvalue weighted by Gasteiger charge is -2.40. The molecule has 1 unspecified atom stereocenters. The summed E-state index contributed by atoms with van der Waals surface area (Å²) in [6.07, 6.45) is -23.7. The third-order valence-corrected chi connectivity index (χ3v) is 3.89. The third kappa shape index (κ3) is 4.24. The molecule has 0 N–H and O–H groups in total. The predicted octanol–water partition coefficient (Wildman–Crippen LogP) is 6.05. The largest absolute Gasteiger partial charge is 0.435 e. The quantitative estimate of drug-likeness (QED) is 0.426. The van der Waals surface area contributed by atoms with Gasteiger partial charge in [0, 0.05) is 5.56 Å². The fourth-order valence-corrected chi connectivity index (χ4v) is 2.51. The molecule has 0 aromatic heterocycles. The van der Waals surface area contributed by atoms with Gasteiger partial charge in [-0.15, -0.1) is 0 Å². The molecule has 1 atom stereocenters. The molecule has 29 heavy (non-hydrogen) atoms. The van der Waals surface area contributed by atoms with Crippen molar-refractivity contribution in [2.75, 3.05) is 0 Å². The van der Waals surface area contributed by atoms with Crippen molar-refractivity contribution in [3.05, 3.63) is 71.8 Å². The lowest BCUT2D eigenvalue weighted by atomic mass is 9.96. The van der Waals surface area contributed by atoms with Gasteiger partial charge in [0.1, 0.15) is 6.10 Å². The number of carbonyl (C=O) groups excluding carboxylic acids is 1. The van der Waals surface area contributed by atoms with Crippen molar-refractivity contribution >= 4 is 5.78 Å². The van der Waals surface area contributed by atoms with E-state index < -0.39 is 47.1 Å². The number of ether oxygens (including phenoxy) is 1. The van der Waals surface area contributed by atoms with Gasteiger partial charge in [-0.1, -0.05) is 60.7 Å².